The number of allylic oxidation sites excluding steroid dienone is 2. The van der Waals surface area contributed by atoms with Gasteiger partial charge in [0.05, 0.1) is 0 Å². The number of rotatable bonds is 1. The van der Waals surface area contributed by atoms with Crippen molar-refractivity contribution < 1.29 is 8.78 Å². The van der Waals surface area contributed by atoms with E-state index in [9.17, 15) is 8.78 Å². The number of benzene rings is 1. The van der Waals surface area contributed by atoms with Crippen LogP contribution in [0, 0.1) is 0 Å². The molecule has 0 spiro atoms. The average molecular weight is 208 g/mol. The second-order valence-corrected chi connectivity index (χ2v) is 4.27. The molecule has 15 heavy (non-hydrogen) atoms. The van der Waals surface area contributed by atoms with Crippen LogP contribution in [0.5, 0.6) is 0 Å². The third-order valence-corrected chi connectivity index (χ3v) is 3.30. The average Bonchev–Trinajstić information content (AvgIpc) is 2.25. The molecule has 0 fully saturated rings. The third kappa shape index (κ3) is 1.48. The number of hydrogen-bond acceptors (Lipinski definition) is 0. The lowest BCUT2D eigenvalue weighted by molar-refractivity contribution is 0.0460. The summed E-state index contributed by atoms with van der Waals surface area (Å²) in [6.45, 7) is 4.02. The highest BCUT2D eigenvalue weighted by Gasteiger charge is 2.39. The van der Waals surface area contributed by atoms with Crippen molar-refractivity contribution in [2.24, 2.45) is 0 Å². The molecule has 1 aliphatic rings. The normalized spacial score (nSPS) is 27.5. The van der Waals surface area contributed by atoms with E-state index in [-0.39, 0.29) is 11.0 Å². The maximum atomic E-state index is 13.6. The van der Waals surface area contributed by atoms with E-state index in [1.807, 2.05) is 19.9 Å². The van der Waals surface area contributed by atoms with Gasteiger partial charge >= 0.3 is 0 Å². The van der Waals surface area contributed by atoms with Crippen LogP contribution in [0.3, 0.4) is 0 Å². The van der Waals surface area contributed by atoms with E-state index >= 15 is 0 Å². The van der Waals surface area contributed by atoms with Crippen molar-refractivity contribution in [3.8, 4) is 0 Å². The maximum Gasteiger partial charge on any atom is 0.292 e. The summed E-state index contributed by atoms with van der Waals surface area (Å²) in [6.07, 6.45) is 3.49. The zero-order valence-electron chi connectivity index (χ0n) is 8.93. The standard InChI is InChI=1S/C13H14F2/c1-3-12(2)8-9-13(14,15)11-7-5-4-6-10(11)12/h4-9H,3H2,1-2H3. The quantitative estimate of drug-likeness (QED) is 0.611. The van der Waals surface area contributed by atoms with Crippen molar-refractivity contribution >= 4 is 0 Å². The van der Waals surface area contributed by atoms with Gasteiger partial charge in [-0.1, -0.05) is 44.2 Å². The van der Waals surface area contributed by atoms with Crippen LogP contribution in [0.2, 0.25) is 0 Å². The monoisotopic (exact) mass is 208 g/mol. The molecule has 1 aromatic carbocycles. The number of alkyl halides is 2. The summed E-state index contributed by atoms with van der Waals surface area (Å²) in [5, 5.41) is 0. The van der Waals surface area contributed by atoms with Crippen molar-refractivity contribution in [2.75, 3.05) is 0 Å². The summed E-state index contributed by atoms with van der Waals surface area (Å²) >= 11 is 0. The van der Waals surface area contributed by atoms with Gasteiger partial charge in [-0.2, -0.15) is 8.78 Å². The maximum absolute atomic E-state index is 13.6. The van der Waals surface area contributed by atoms with Crippen LogP contribution < -0.4 is 0 Å². The SMILES string of the molecule is CCC1(C)C=CC(F)(F)c2ccccc21. The summed E-state index contributed by atoms with van der Waals surface area (Å²) in [5.74, 6) is -2.81. The van der Waals surface area contributed by atoms with Crippen molar-refractivity contribution in [1.29, 1.82) is 0 Å². The highest BCUT2D eigenvalue weighted by Crippen LogP contribution is 2.44. The van der Waals surface area contributed by atoms with Crippen LogP contribution in [-0.2, 0) is 11.3 Å². The van der Waals surface area contributed by atoms with Gasteiger partial charge in [0.25, 0.3) is 5.92 Å². The van der Waals surface area contributed by atoms with Gasteiger partial charge in [-0.3, -0.25) is 0 Å². The fraction of sp³-hybridized carbons (Fsp3) is 0.385. The molecule has 0 aliphatic heterocycles. The molecule has 0 saturated heterocycles. The number of halogens is 2. The molecule has 1 aliphatic carbocycles. The van der Waals surface area contributed by atoms with Crippen LogP contribution in [0.25, 0.3) is 0 Å². The fourth-order valence-electron chi connectivity index (χ4n) is 2.05. The van der Waals surface area contributed by atoms with E-state index in [1.54, 1.807) is 18.2 Å². The minimum Gasteiger partial charge on any atom is -0.197 e. The van der Waals surface area contributed by atoms with Crippen LogP contribution in [0.4, 0.5) is 8.78 Å². The first kappa shape index (κ1) is 10.3. The van der Waals surface area contributed by atoms with Gasteiger partial charge in [0.2, 0.25) is 0 Å². The zero-order chi connectivity index (χ0) is 11.1. The number of fused-ring (bicyclic) bond motifs is 1. The molecule has 0 heterocycles. The van der Waals surface area contributed by atoms with E-state index < -0.39 is 5.92 Å². The summed E-state index contributed by atoms with van der Waals surface area (Å²) < 4.78 is 27.2. The lowest BCUT2D eigenvalue weighted by Crippen LogP contribution is -2.29. The van der Waals surface area contributed by atoms with Crippen LogP contribution >= 0.6 is 0 Å². The van der Waals surface area contributed by atoms with Gasteiger partial charge in [0.15, 0.2) is 0 Å². The first-order chi connectivity index (χ1) is 6.99. The topological polar surface area (TPSA) is 0 Å². The minimum atomic E-state index is -2.81. The fourth-order valence-corrected chi connectivity index (χ4v) is 2.05. The Bertz CT molecular complexity index is 407. The van der Waals surface area contributed by atoms with Crippen molar-refractivity contribution in [3.63, 3.8) is 0 Å². The molecule has 0 aromatic heterocycles. The molecule has 0 saturated carbocycles. The molecule has 1 atom stereocenters. The Morgan fingerprint density at radius 2 is 1.67 bits per heavy atom. The first-order valence-electron chi connectivity index (χ1n) is 5.18. The predicted molar refractivity (Wildman–Crippen MR) is 57.1 cm³/mol. The molecule has 2 rings (SSSR count). The molecule has 1 unspecified atom stereocenters. The van der Waals surface area contributed by atoms with Gasteiger partial charge in [-0.15, -0.1) is 0 Å². The second kappa shape index (κ2) is 3.16. The Morgan fingerprint density at radius 1 is 1.07 bits per heavy atom. The predicted octanol–water partition coefficient (Wildman–Crippen LogP) is 4.02. The van der Waals surface area contributed by atoms with Gasteiger partial charge in [0.1, 0.15) is 0 Å². The Morgan fingerprint density at radius 3 is 2.27 bits per heavy atom. The highest BCUT2D eigenvalue weighted by atomic mass is 19.3. The minimum absolute atomic E-state index is 0.150. The van der Waals surface area contributed by atoms with Crippen LogP contribution in [0.1, 0.15) is 31.4 Å². The van der Waals surface area contributed by atoms with Crippen molar-refractivity contribution in [1.82, 2.24) is 0 Å². The van der Waals surface area contributed by atoms with Crippen molar-refractivity contribution in [3.05, 3.63) is 47.5 Å². The Kier molecular flexibility index (Phi) is 2.18. The summed E-state index contributed by atoms with van der Waals surface area (Å²) in [5.41, 5.74) is 0.648. The van der Waals surface area contributed by atoms with Gasteiger partial charge in [0, 0.05) is 11.0 Å². The largest absolute Gasteiger partial charge is 0.292 e. The molecule has 0 bridgehead atoms. The van der Waals surface area contributed by atoms with Gasteiger partial charge in [-0.05, 0) is 18.1 Å². The van der Waals surface area contributed by atoms with E-state index in [0.29, 0.717) is 0 Å². The smallest absolute Gasteiger partial charge is 0.197 e. The van der Waals surface area contributed by atoms with Crippen molar-refractivity contribution in [2.45, 2.75) is 31.6 Å². The van der Waals surface area contributed by atoms with Gasteiger partial charge < -0.3 is 0 Å². The molecule has 0 nitrogen and oxygen atoms in total. The molecule has 0 amide bonds. The molecule has 80 valence electrons. The molecule has 2 heteroatoms. The second-order valence-electron chi connectivity index (χ2n) is 4.27. The Hall–Kier alpha value is -1.18. The van der Waals surface area contributed by atoms with E-state index in [1.165, 1.54) is 6.07 Å². The summed E-state index contributed by atoms with van der Waals surface area (Å²) in [7, 11) is 0. The summed E-state index contributed by atoms with van der Waals surface area (Å²) in [6, 6.07) is 6.81. The number of hydrogen-bond donors (Lipinski definition) is 0. The molecule has 0 radical (unpaired) electrons. The van der Waals surface area contributed by atoms with E-state index in [0.717, 1.165) is 18.1 Å². The third-order valence-electron chi connectivity index (χ3n) is 3.30. The zero-order valence-corrected chi connectivity index (χ0v) is 8.93. The first-order valence-corrected chi connectivity index (χ1v) is 5.18. The molecular formula is C13H14F2. The molecule has 0 N–H and O–H groups in total. The molecular weight excluding hydrogens is 194 g/mol. The molecule has 1 aromatic rings. The van der Waals surface area contributed by atoms with Crippen LogP contribution in [-0.4, -0.2) is 0 Å². The lowest BCUT2D eigenvalue weighted by atomic mass is 9.73. The Labute approximate surface area is 88.6 Å². The van der Waals surface area contributed by atoms with Crippen LogP contribution in [0.15, 0.2) is 36.4 Å². The lowest BCUT2D eigenvalue weighted by Gasteiger charge is -2.34. The highest BCUT2D eigenvalue weighted by molar-refractivity contribution is 5.45. The Balaban J connectivity index is 2.65. The summed E-state index contributed by atoms with van der Waals surface area (Å²) in [4.78, 5) is 0. The van der Waals surface area contributed by atoms with E-state index in [4.69, 9.17) is 0 Å². The van der Waals surface area contributed by atoms with E-state index in [2.05, 4.69) is 0 Å². The van der Waals surface area contributed by atoms with Gasteiger partial charge in [-0.25, -0.2) is 0 Å².